The fourth-order valence-electron chi connectivity index (χ4n) is 1.96. The first-order valence-electron chi connectivity index (χ1n) is 6.20. The highest BCUT2D eigenvalue weighted by Gasteiger charge is 2.14. The molecule has 1 aliphatic rings. The minimum Gasteiger partial charge on any atom is -0.493 e. The van der Waals surface area contributed by atoms with Gasteiger partial charge in [-0.2, -0.15) is 0 Å². The predicted octanol–water partition coefficient (Wildman–Crippen LogP) is 2.96. The second-order valence-electron chi connectivity index (χ2n) is 4.26. The van der Waals surface area contributed by atoms with Crippen LogP contribution in [0.2, 0.25) is 0 Å². The number of hydrogen-bond acceptors (Lipinski definition) is 5. The summed E-state index contributed by atoms with van der Waals surface area (Å²) >= 11 is 1.60. The molecule has 4 nitrogen and oxygen atoms in total. The number of fused-ring (bicyclic) bond motifs is 1. The van der Waals surface area contributed by atoms with Gasteiger partial charge in [-0.05, 0) is 30.2 Å². The van der Waals surface area contributed by atoms with Crippen LogP contribution in [-0.2, 0) is 6.42 Å². The summed E-state index contributed by atoms with van der Waals surface area (Å²) in [4.78, 5) is 0. The summed E-state index contributed by atoms with van der Waals surface area (Å²) in [5.74, 6) is 1.01. The molecule has 3 rings (SSSR count). The van der Waals surface area contributed by atoms with Crippen LogP contribution in [0.4, 0.5) is 5.13 Å². The predicted molar refractivity (Wildman–Crippen MR) is 73.3 cm³/mol. The molecule has 0 bridgehead atoms. The lowest BCUT2D eigenvalue weighted by molar-refractivity contribution is 0.357. The molecule has 1 aromatic heterocycles. The van der Waals surface area contributed by atoms with E-state index in [1.54, 1.807) is 11.3 Å². The Balaban J connectivity index is 1.83. The highest BCUT2D eigenvalue weighted by atomic mass is 32.1. The smallest absolute Gasteiger partial charge is 0.206 e. The molecule has 0 amide bonds. The van der Waals surface area contributed by atoms with Crippen molar-refractivity contribution < 1.29 is 4.74 Å². The third kappa shape index (κ3) is 2.18. The minimum atomic E-state index is 0.790. The van der Waals surface area contributed by atoms with Gasteiger partial charge in [0.2, 0.25) is 5.13 Å². The Hall–Kier alpha value is -1.62. The zero-order valence-corrected chi connectivity index (χ0v) is 11.1. The number of nitrogens with one attached hydrogen (secondary N) is 1. The Labute approximate surface area is 110 Å². The summed E-state index contributed by atoms with van der Waals surface area (Å²) < 4.78 is 5.50. The summed E-state index contributed by atoms with van der Waals surface area (Å²) in [6.45, 7) is 3.86. The SMILES string of the molecule is CCCNc1nnc(-c2ccc3c(c2)CCO3)s1. The van der Waals surface area contributed by atoms with Crippen LogP contribution in [0.15, 0.2) is 18.2 Å². The van der Waals surface area contributed by atoms with E-state index in [1.807, 2.05) is 12.1 Å². The molecular weight excluding hydrogens is 246 g/mol. The number of anilines is 1. The zero-order chi connectivity index (χ0) is 12.4. The molecule has 0 saturated carbocycles. The fraction of sp³-hybridized carbons (Fsp3) is 0.385. The maximum absolute atomic E-state index is 5.50. The van der Waals surface area contributed by atoms with Crippen molar-refractivity contribution >= 4 is 16.5 Å². The highest BCUT2D eigenvalue weighted by molar-refractivity contribution is 7.18. The van der Waals surface area contributed by atoms with Crippen LogP contribution in [-0.4, -0.2) is 23.3 Å². The number of ether oxygens (including phenoxy) is 1. The third-order valence-electron chi connectivity index (χ3n) is 2.89. The maximum atomic E-state index is 5.50. The molecule has 94 valence electrons. The monoisotopic (exact) mass is 261 g/mol. The van der Waals surface area contributed by atoms with Crippen molar-refractivity contribution in [3.63, 3.8) is 0 Å². The van der Waals surface area contributed by atoms with Gasteiger partial charge in [-0.3, -0.25) is 0 Å². The molecule has 2 heterocycles. The first-order chi connectivity index (χ1) is 8.86. The van der Waals surface area contributed by atoms with Gasteiger partial charge in [-0.25, -0.2) is 0 Å². The molecule has 0 aliphatic carbocycles. The van der Waals surface area contributed by atoms with Gasteiger partial charge in [-0.15, -0.1) is 10.2 Å². The van der Waals surface area contributed by atoms with E-state index in [1.165, 1.54) is 5.56 Å². The van der Waals surface area contributed by atoms with Crippen LogP contribution >= 0.6 is 11.3 Å². The molecule has 0 atom stereocenters. The van der Waals surface area contributed by atoms with Crippen LogP contribution in [0.3, 0.4) is 0 Å². The standard InChI is InChI=1S/C13H15N3OS/c1-2-6-14-13-16-15-12(18-13)10-3-4-11-9(8-10)5-7-17-11/h3-4,8H,2,5-7H2,1H3,(H,14,16). The summed E-state index contributed by atoms with van der Waals surface area (Å²) in [5.41, 5.74) is 2.40. The number of rotatable bonds is 4. The fourth-order valence-corrected chi connectivity index (χ4v) is 2.73. The molecule has 1 aliphatic heterocycles. The molecule has 1 aromatic carbocycles. The molecule has 0 saturated heterocycles. The van der Waals surface area contributed by atoms with E-state index in [0.29, 0.717) is 0 Å². The van der Waals surface area contributed by atoms with Gasteiger partial charge < -0.3 is 10.1 Å². The second kappa shape index (κ2) is 4.94. The van der Waals surface area contributed by atoms with Gasteiger partial charge in [0, 0.05) is 18.5 Å². The van der Waals surface area contributed by atoms with Crippen molar-refractivity contribution in [2.45, 2.75) is 19.8 Å². The van der Waals surface area contributed by atoms with Gasteiger partial charge in [0.25, 0.3) is 0 Å². The van der Waals surface area contributed by atoms with E-state index >= 15 is 0 Å². The van der Waals surface area contributed by atoms with E-state index in [2.05, 4.69) is 28.5 Å². The summed E-state index contributed by atoms with van der Waals surface area (Å²) in [5, 5.41) is 13.5. The van der Waals surface area contributed by atoms with Crippen LogP contribution in [0.1, 0.15) is 18.9 Å². The topological polar surface area (TPSA) is 47.0 Å². The Bertz CT molecular complexity index is 553. The first-order valence-corrected chi connectivity index (χ1v) is 7.02. The van der Waals surface area contributed by atoms with Crippen molar-refractivity contribution in [3.8, 4) is 16.3 Å². The van der Waals surface area contributed by atoms with Crippen molar-refractivity contribution in [3.05, 3.63) is 23.8 Å². The van der Waals surface area contributed by atoms with Gasteiger partial charge in [-0.1, -0.05) is 18.3 Å². The minimum absolute atomic E-state index is 0.790. The lowest BCUT2D eigenvalue weighted by atomic mass is 10.1. The Morgan fingerprint density at radius 1 is 1.39 bits per heavy atom. The van der Waals surface area contributed by atoms with Crippen molar-refractivity contribution in [2.75, 3.05) is 18.5 Å². The van der Waals surface area contributed by atoms with Crippen LogP contribution in [0, 0.1) is 0 Å². The molecule has 0 spiro atoms. The van der Waals surface area contributed by atoms with E-state index in [9.17, 15) is 0 Å². The Morgan fingerprint density at radius 3 is 3.22 bits per heavy atom. The molecule has 0 radical (unpaired) electrons. The third-order valence-corrected chi connectivity index (χ3v) is 3.82. The van der Waals surface area contributed by atoms with Crippen LogP contribution in [0.5, 0.6) is 5.75 Å². The van der Waals surface area contributed by atoms with Crippen LogP contribution in [0.25, 0.3) is 10.6 Å². The van der Waals surface area contributed by atoms with Gasteiger partial charge in [0.15, 0.2) is 0 Å². The van der Waals surface area contributed by atoms with Gasteiger partial charge >= 0.3 is 0 Å². The number of nitrogens with zero attached hydrogens (tertiary/aromatic N) is 2. The van der Waals surface area contributed by atoms with Gasteiger partial charge in [0.1, 0.15) is 10.8 Å². The zero-order valence-electron chi connectivity index (χ0n) is 10.3. The number of aromatic nitrogens is 2. The van der Waals surface area contributed by atoms with E-state index in [4.69, 9.17) is 4.74 Å². The lowest BCUT2D eigenvalue weighted by Crippen LogP contribution is -1.98. The van der Waals surface area contributed by atoms with E-state index < -0.39 is 0 Å². The summed E-state index contributed by atoms with van der Waals surface area (Å²) in [7, 11) is 0. The molecule has 2 aromatic rings. The molecule has 1 N–H and O–H groups in total. The van der Waals surface area contributed by atoms with Crippen molar-refractivity contribution in [1.29, 1.82) is 0 Å². The van der Waals surface area contributed by atoms with Crippen LogP contribution < -0.4 is 10.1 Å². The highest BCUT2D eigenvalue weighted by Crippen LogP contribution is 2.32. The molecular formula is C13H15N3OS. The molecule has 5 heteroatoms. The quantitative estimate of drug-likeness (QED) is 0.919. The average molecular weight is 261 g/mol. The Kier molecular flexibility index (Phi) is 3.15. The van der Waals surface area contributed by atoms with E-state index in [0.717, 1.165) is 47.4 Å². The molecule has 0 unspecified atom stereocenters. The maximum Gasteiger partial charge on any atom is 0.206 e. The first kappa shape index (κ1) is 11.5. The largest absolute Gasteiger partial charge is 0.493 e. The normalized spacial score (nSPS) is 13.2. The number of hydrogen-bond donors (Lipinski definition) is 1. The number of benzene rings is 1. The van der Waals surface area contributed by atoms with Crippen molar-refractivity contribution in [2.24, 2.45) is 0 Å². The van der Waals surface area contributed by atoms with Crippen molar-refractivity contribution in [1.82, 2.24) is 10.2 Å². The molecule has 18 heavy (non-hydrogen) atoms. The summed E-state index contributed by atoms with van der Waals surface area (Å²) in [6, 6.07) is 6.24. The van der Waals surface area contributed by atoms with E-state index in [-0.39, 0.29) is 0 Å². The average Bonchev–Trinajstić information content (AvgIpc) is 3.04. The summed E-state index contributed by atoms with van der Waals surface area (Å²) in [6.07, 6.45) is 2.08. The Morgan fingerprint density at radius 2 is 2.33 bits per heavy atom. The lowest BCUT2D eigenvalue weighted by Gasteiger charge is -2.00. The second-order valence-corrected chi connectivity index (χ2v) is 5.24. The van der Waals surface area contributed by atoms with Gasteiger partial charge in [0.05, 0.1) is 6.61 Å². The molecule has 0 fully saturated rings.